The number of sulfonamides is 1. The van der Waals surface area contributed by atoms with E-state index >= 15 is 0 Å². The third-order valence-corrected chi connectivity index (χ3v) is 9.32. The van der Waals surface area contributed by atoms with E-state index < -0.39 is 31.8 Å². The molecule has 0 aliphatic carbocycles. The molecule has 1 aliphatic heterocycles. The first-order valence-electron chi connectivity index (χ1n) is 12.9. The quantitative estimate of drug-likeness (QED) is 0.201. The molecule has 42 heavy (non-hydrogen) atoms. The fraction of sp³-hybridized carbons (Fsp3) is 0.172. The van der Waals surface area contributed by atoms with E-state index in [4.69, 9.17) is 4.42 Å². The molecule has 13 heteroatoms. The van der Waals surface area contributed by atoms with Crippen LogP contribution in [0, 0.1) is 0 Å². The normalized spacial score (nSPS) is 14.7. The number of nitrogens with zero attached hydrogens (tertiary/aromatic N) is 2. The Labute approximate surface area is 246 Å². The molecule has 2 heterocycles. The standard InChI is InChI=1S/C29H25N3O7S3/c1-41(34,35)30-26(33)18-32-23-15-20-8-2-3-9-21(20)16-25(23)40-28(32)17-27-31(13-6-14-42(36,37)38)29-22-10-5-4-7-19(22)11-12-24(29)39-27/h2-5,7-12,15-17H,6,13-14,18H2,1H3,(H-,30,33,36,37,38). The van der Waals surface area contributed by atoms with Gasteiger partial charge in [0.1, 0.15) is 6.54 Å². The lowest BCUT2D eigenvalue weighted by Gasteiger charge is -2.19. The van der Waals surface area contributed by atoms with Crippen LogP contribution < -0.4 is 14.2 Å². The minimum Gasteiger partial charge on any atom is -0.748 e. The van der Waals surface area contributed by atoms with Gasteiger partial charge in [-0.25, -0.2) is 16.8 Å². The Hall–Kier alpha value is -3.91. The topological polar surface area (TPSA) is 141 Å². The van der Waals surface area contributed by atoms with Crippen molar-refractivity contribution >= 4 is 82.2 Å². The van der Waals surface area contributed by atoms with Gasteiger partial charge < -0.3 is 13.9 Å². The molecule has 0 radical (unpaired) electrons. The molecule has 216 valence electrons. The molecule has 1 aromatic heterocycles. The van der Waals surface area contributed by atoms with Gasteiger partial charge in [0.05, 0.1) is 38.6 Å². The van der Waals surface area contributed by atoms with Crippen LogP contribution in [0.2, 0.25) is 0 Å². The molecule has 1 N–H and O–H groups in total. The first-order valence-corrected chi connectivity index (χ1v) is 17.2. The predicted molar refractivity (Wildman–Crippen MR) is 161 cm³/mol. The Morgan fingerprint density at radius 2 is 1.69 bits per heavy atom. The molecule has 0 unspecified atom stereocenters. The van der Waals surface area contributed by atoms with E-state index in [0.717, 1.165) is 43.9 Å². The Kier molecular flexibility index (Phi) is 7.21. The van der Waals surface area contributed by atoms with Gasteiger partial charge in [-0.3, -0.25) is 9.52 Å². The lowest BCUT2D eigenvalue weighted by molar-refractivity contribution is -0.677. The van der Waals surface area contributed by atoms with E-state index in [1.165, 1.54) is 11.8 Å². The molecular weight excluding hydrogens is 599 g/mol. The summed E-state index contributed by atoms with van der Waals surface area (Å²) < 4.78 is 67.8. The van der Waals surface area contributed by atoms with Gasteiger partial charge in [-0.15, -0.1) is 0 Å². The highest BCUT2D eigenvalue weighted by molar-refractivity contribution is 8.04. The lowest BCUT2D eigenvalue weighted by atomic mass is 10.1. The van der Waals surface area contributed by atoms with E-state index in [1.54, 1.807) is 11.0 Å². The van der Waals surface area contributed by atoms with Crippen molar-refractivity contribution in [2.75, 3.05) is 23.5 Å². The van der Waals surface area contributed by atoms with Crippen LogP contribution in [0.1, 0.15) is 12.3 Å². The highest BCUT2D eigenvalue weighted by atomic mass is 32.2. The van der Waals surface area contributed by atoms with Crippen LogP contribution in [-0.2, 0) is 31.5 Å². The number of carbonyl (C=O) groups excluding carboxylic acids is 1. The number of carbonyl (C=O) groups is 1. The van der Waals surface area contributed by atoms with Gasteiger partial charge in [-0.2, -0.15) is 4.57 Å². The van der Waals surface area contributed by atoms with Gasteiger partial charge in [0.15, 0.2) is 6.54 Å². The molecule has 0 spiro atoms. The van der Waals surface area contributed by atoms with Crippen molar-refractivity contribution in [3.63, 3.8) is 0 Å². The van der Waals surface area contributed by atoms with Crippen LogP contribution in [0.5, 0.6) is 0 Å². The number of amides is 1. The van der Waals surface area contributed by atoms with Gasteiger partial charge in [0.25, 0.3) is 11.4 Å². The number of aryl methyl sites for hydroxylation is 1. The average molecular weight is 624 g/mol. The number of fused-ring (bicyclic) bond motifs is 5. The Morgan fingerprint density at radius 1 is 1.00 bits per heavy atom. The average Bonchev–Trinajstić information content (AvgIpc) is 3.43. The number of thioether (sulfide) groups is 1. The summed E-state index contributed by atoms with van der Waals surface area (Å²) in [7, 11) is -8.19. The van der Waals surface area contributed by atoms with E-state index in [1.807, 2.05) is 82.1 Å². The van der Waals surface area contributed by atoms with Gasteiger partial charge in [-0.1, -0.05) is 60.3 Å². The molecule has 1 amide bonds. The van der Waals surface area contributed by atoms with Crippen molar-refractivity contribution < 1.29 is 35.2 Å². The van der Waals surface area contributed by atoms with Crippen LogP contribution in [0.25, 0.3) is 38.7 Å². The lowest BCUT2D eigenvalue weighted by Crippen LogP contribution is -2.39. The van der Waals surface area contributed by atoms with E-state index in [9.17, 15) is 26.2 Å². The minimum absolute atomic E-state index is 0.0732. The number of oxazole rings is 1. The summed E-state index contributed by atoms with van der Waals surface area (Å²) >= 11 is 1.40. The van der Waals surface area contributed by atoms with Gasteiger partial charge in [0, 0.05) is 17.1 Å². The summed E-state index contributed by atoms with van der Waals surface area (Å²) in [6.45, 7) is -0.0769. The van der Waals surface area contributed by atoms with E-state index in [-0.39, 0.29) is 19.5 Å². The number of rotatable bonds is 8. The highest BCUT2D eigenvalue weighted by Crippen LogP contribution is 2.48. The number of aromatic nitrogens is 1. The van der Waals surface area contributed by atoms with Crippen molar-refractivity contribution in [2.24, 2.45) is 0 Å². The molecule has 0 fully saturated rings. The van der Waals surface area contributed by atoms with E-state index in [0.29, 0.717) is 16.5 Å². The minimum atomic E-state index is -4.42. The zero-order valence-electron chi connectivity index (χ0n) is 22.3. The Bertz CT molecular complexity index is 2140. The van der Waals surface area contributed by atoms with Crippen molar-refractivity contribution in [1.82, 2.24) is 4.72 Å². The van der Waals surface area contributed by atoms with Crippen LogP contribution in [0.15, 0.2) is 87.1 Å². The number of nitrogens with one attached hydrogen (secondary N) is 1. The molecule has 5 aromatic rings. The van der Waals surface area contributed by atoms with Crippen molar-refractivity contribution in [3.8, 4) is 0 Å². The zero-order valence-corrected chi connectivity index (χ0v) is 24.8. The summed E-state index contributed by atoms with van der Waals surface area (Å²) in [6, 6.07) is 23.2. The van der Waals surface area contributed by atoms with Crippen LogP contribution in [0.4, 0.5) is 5.69 Å². The van der Waals surface area contributed by atoms with Crippen LogP contribution in [0.3, 0.4) is 0 Å². The molecular formula is C29H25N3O7S3. The highest BCUT2D eigenvalue weighted by Gasteiger charge is 2.31. The molecule has 0 atom stereocenters. The van der Waals surface area contributed by atoms with Gasteiger partial charge in [0.2, 0.25) is 15.6 Å². The molecule has 1 aliphatic rings. The van der Waals surface area contributed by atoms with Crippen molar-refractivity contribution in [1.29, 1.82) is 0 Å². The Morgan fingerprint density at radius 3 is 2.40 bits per heavy atom. The van der Waals surface area contributed by atoms with Crippen molar-refractivity contribution in [2.45, 2.75) is 17.9 Å². The number of hydrogen-bond acceptors (Lipinski definition) is 9. The molecule has 6 rings (SSSR count). The van der Waals surface area contributed by atoms with E-state index in [2.05, 4.69) is 0 Å². The fourth-order valence-electron chi connectivity index (χ4n) is 5.15. The third-order valence-electron chi connectivity index (χ3n) is 6.84. The summed E-state index contributed by atoms with van der Waals surface area (Å²) in [5, 5.41) is 4.43. The first-order chi connectivity index (χ1) is 19.9. The Balaban J connectivity index is 1.49. The predicted octanol–water partition coefficient (Wildman–Crippen LogP) is 3.95. The molecule has 10 nitrogen and oxygen atoms in total. The number of anilines is 1. The second-order valence-electron chi connectivity index (χ2n) is 9.98. The largest absolute Gasteiger partial charge is 0.748 e. The van der Waals surface area contributed by atoms with Gasteiger partial charge in [-0.05, 0) is 40.4 Å². The smallest absolute Gasteiger partial charge is 0.376 e. The monoisotopic (exact) mass is 623 g/mol. The SMILES string of the molecule is CS(=O)(=O)NC(=O)CN1C(=Cc2oc3ccc4ccccc4c3[n+]2CCCS(=O)(=O)[O-])Sc2cc3ccccc3cc21. The second-order valence-corrected chi connectivity index (χ2v) is 14.3. The molecule has 0 saturated carbocycles. The number of hydrogen-bond donors (Lipinski definition) is 1. The van der Waals surface area contributed by atoms with Gasteiger partial charge >= 0.3 is 5.89 Å². The number of benzene rings is 4. The molecule has 4 aromatic carbocycles. The summed E-state index contributed by atoms with van der Waals surface area (Å²) in [4.78, 5) is 15.4. The maximum atomic E-state index is 12.8. The van der Waals surface area contributed by atoms with Crippen molar-refractivity contribution in [3.05, 3.63) is 83.7 Å². The maximum Gasteiger partial charge on any atom is 0.376 e. The summed E-state index contributed by atoms with van der Waals surface area (Å²) in [5.74, 6) is -0.843. The van der Waals surface area contributed by atoms with Crippen LogP contribution >= 0.6 is 11.8 Å². The third kappa shape index (κ3) is 5.86. The maximum absolute atomic E-state index is 12.8. The summed E-state index contributed by atoms with van der Waals surface area (Å²) in [6.07, 6.45) is 2.75. The zero-order chi connectivity index (χ0) is 29.6. The molecule has 0 bridgehead atoms. The van der Waals surface area contributed by atoms with Crippen LogP contribution in [-0.4, -0.2) is 45.8 Å². The molecule has 0 saturated heterocycles. The first kappa shape index (κ1) is 28.2. The summed E-state index contributed by atoms with van der Waals surface area (Å²) in [5.41, 5.74) is 2.05. The fourth-order valence-corrected chi connectivity index (χ4v) is 7.23. The second kappa shape index (κ2) is 10.7.